The molecule has 0 radical (unpaired) electrons. The van der Waals surface area contributed by atoms with Crippen LogP contribution >= 0.6 is 11.3 Å². The highest BCUT2D eigenvalue weighted by Gasteiger charge is 2.63. The van der Waals surface area contributed by atoms with Crippen LogP contribution < -0.4 is 5.32 Å². The van der Waals surface area contributed by atoms with Crippen molar-refractivity contribution in [3.63, 3.8) is 0 Å². The molecule has 5 rings (SSSR count). The number of unbranched alkanes of at least 4 members (excludes halogenated alkanes) is 1. The van der Waals surface area contributed by atoms with Crippen LogP contribution in [0.15, 0.2) is 17.5 Å². The van der Waals surface area contributed by atoms with E-state index in [-0.39, 0.29) is 34.6 Å². The van der Waals surface area contributed by atoms with Gasteiger partial charge in [-0.05, 0) is 90.4 Å². The van der Waals surface area contributed by atoms with Crippen LogP contribution in [0, 0.1) is 46.3 Å². The maximum atomic E-state index is 13.6. The van der Waals surface area contributed by atoms with Gasteiger partial charge in [0.1, 0.15) is 11.6 Å². The van der Waals surface area contributed by atoms with E-state index in [0.717, 1.165) is 51.4 Å². The molecule has 4 fully saturated rings. The van der Waals surface area contributed by atoms with Gasteiger partial charge in [-0.3, -0.25) is 14.4 Å². The minimum absolute atomic E-state index is 0.123. The Balaban J connectivity index is 1.27. The number of carbonyl (C=O) groups is 3. The Morgan fingerprint density at radius 1 is 1.11 bits per heavy atom. The van der Waals surface area contributed by atoms with E-state index >= 15 is 0 Å². The highest BCUT2D eigenvalue weighted by Crippen LogP contribution is 2.67. The van der Waals surface area contributed by atoms with Crippen molar-refractivity contribution in [3.05, 3.63) is 22.4 Å². The molecule has 1 heterocycles. The molecule has 37 heavy (non-hydrogen) atoms. The van der Waals surface area contributed by atoms with Crippen molar-refractivity contribution >= 4 is 28.8 Å². The normalized spacial score (nSPS) is 38.9. The van der Waals surface area contributed by atoms with Gasteiger partial charge in [0.25, 0.3) is 0 Å². The SMILES string of the molecule is CCCCC(NC(=O)C[C@@H](C)C1CC[C@H]2C3C(=O)CC4CC(=O)CCC4(C)[C@H]3CCC12C)c1cccs1. The van der Waals surface area contributed by atoms with Gasteiger partial charge in [-0.15, -0.1) is 11.3 Å². The summed E-state index contributed by atoms with van der Waals surface area (Å²) in [5, 5.41) is 5.47. The van der Waals surface area contributed by atoms with Crippen LogP contribution in [0.5, 0.6) is 0 Å². The van der Waals surface area contributed by atoms with Gasteiger partial charge in [-0.2, -0.15) is 0 Å². The average molecular weight is 526 g/mol. The fourth-order valence-corrected chi connectivity index (χ4v) is 10.4. The maximum Gasteiger partial charge on any atom is 0.220 e. The van der Waals surface area contributed by atoms with Crippen LogP contribution in [0.3, 0.4) is 0 Å². The zero-order valence-electron chi connectivity index (χ0n) is 23.4. The summed E-state index contributed by atoms with van der Waals surface area (Å²) in [6.45, 7) is 9.33. The van der Waals surface area contributed by atoms with Crippen LogP contribution in [0.25, 0.3) is 0 Å². The van der Waals surface area contributed by atoms with Crippen LogP contribution in [0.1, 0.15) is 116 Å². The first kappa shape index (κ1) is 27.1. The van der Waals surface area contributed by atoms with Gasteiger partial charge in [0.2, 0.25) is 5.91 Å². The predicted molar refractivity (Wildman–Crippen MR) is 149 cm³/mol. The van der Waals surface area contributed by atoms with Gasteiger partial charge in [0.05, 0.1) is 6.04 Å². The summed E-state index contributed by atoms with van der Waals surface area (Å²) in [6.07, 6.45) is 11.2. The van der Waals surface area contributed by atoms with Crippen LogP contribution in [0.2, 0.25) is 0 Å². The topological polar surface area (TPSA) is 63.2 Å². The largest absolute Gasteiger partial charge is 0.348 e. The fourth-order valence-electron chi connectivity index (χ4n) is 9.57. The molecule has 0 bridgehead atoms. The first-order valence-corrected chi connectivity index (χ1v) is 15.9. The van der Waals surface area contributed by atoms with Gasteiger partial charge >= 0.3 is 0 Å². The first-order chi connectivity index (χ1) is 17.7. The van der Waals surface area contributed by atoms with E-state index in [1.165, 1.54) is 4.88 Å². The summed E-state index contributed by atoms with van der Waals surface area (Å²) in [5.74, 6) is 3.09. The number of amides is 1. The summed E-state index contributed by atoms with van der Waals surface area (Å²) in [5.41, 5.74) is 0.284. The van der Waals surface area contributed by atoms with E-state index in [2.05, 4.69) is 50.5 Å². The second-order valence-electron chi connectivity index (χ2n) is 13.5. The highest BCUT2D eigenvalue weighted by molar-refractivity contribution is 7.10. The second kappa shape index (κ2) is 10.6. The van der Waals surface area contributed by atoms with E-state index in [4.69, 9.17) is 0 Å². The summed E-state index contributed by atoms with van der Waals surface area (Å²) in [6, 6.07) is 4.34. The molecule has 0 aromatic carbocycles. The molecule has 204 valence electrons. The smallest absolute Gasteiger partial charge is 0.220 e. The fraction of sp³-hybridized carbons (Fsp3) is 0.781. The zero-order chi connectivity index (χ0) is 26.4. The lowest BCUT2D eigenvalue weighted by molar-refractivity contribution is -0.159. The third-order valence-electron chi connectivity index (χ3n) is 11.6. The lowest BCUT2D eigenvalue weighted by Crippen LogP contribution is -2.57. The molecule has 4 nitrogen and oxygen atoms in total. The Kier molecular flexibility index (Phi) is 7.75. The van der Waals surface area contributed by atoms with Crippen LogP contribution in [0.4, 0.5) is 0 Å². The average Bonchev–Trinajstić information content (AvgIpc) is 3.51. The van der Waals surface area contributed by atoms with Gasteiger partial charge in [0.15, 0.2) is 0 Å². The summed E-state index contributed by atoms with van der Waals surface area (Å²) >= 11 is 1.73. The third kappa shape index (κ3) is 4.87. The second-order valence-corrected chi connectivity index (χ2v) is 14.5. The Labute approximate surface area is 227 Å². The number of hydrogen-bond acceptors (Lipinski definition) is 4. The zero-order valence-corrected chi connectivity index (χ0v) is 24.2. The number of Topliss-reactive ketones (excluding diaryl/α,β-unsaturated/α-hetero) is 2. The highest BCUT2D eigenvalue weighted by atomic mass is 32.1. The van der Waals surface area contributed by atoms with Crippen LogP contribution in [-0.2, 0) is 14.4 Å². The standard InChI is InChI=1S/C32H47NO3S/c1-5-6-8-26(28-9-7-16-37-28)33-29(36)17-20(2)23-10-11-24-30-25(13-15-32(23,24)4)31(3)14-12-22(34)18-21(31)19-27(30)35/h7,9,16,20-21,23-26,30H,5-6,8,10-15,17-19H2,1-4H3,(H,33,36)/t20-,21?,23?,24+,25+,26?,30?,31?,32?/m1/s1. The molecule has 0 aliphatic heterocycles. The molecule has 4 aliphatic rings. The van der Waals surface area contributed by atoms with Crippen molar-refractivity contribution in [1.82, 2.24) is 5.32 Å². The van der Waals surface area contributed by atoms with E-state index in [0.29, 0.717) is 60.9 Å². The lowest BCUT2D eigenvalue weighted by atomic mass is 9.44. The molecule has 1 N–H and O–H groups in total. The number of hydrogen-bond donors (Lipinski definition) is 1. The molecule has 4 aliphatic carbocycles. The van der Waals surface area contributed by atoms with Crippen molar-refractivity contribution in [1.29, 1.82) is 0 Å². The molecule has 6 unspecified atom stereocenters. The minimum atomic E-state index is 0.123. The van der Waals surface area contributed by atoms with Gasteiger partial charge in [-0.25, -0.2) is 0 Å². The van der Waals surface area contributed by atoms with Crippen molar-refractivity contribution in [2.45, 2.75) is 111 Å². The predicted octanol–water partition coefficient (Wildman–Crippen LogP) is 7.53. The number of rotatable bonds is 8. The Morgan fingerprint density at radius 2 is 1.89 bits per heavy atom. The van der Waals surface area contributed by atoms with E-state index in [1.807, 2.05) is 0 Å². The van der Waals surface area contributed by atoms with E-state index in [9.17, 15) is 14.4 Å². The number of ketones is 2. The molecule has 9 atom stereocenters. The number of thiophene rings is 1. The maximum absolute atomic E-state index is 13.6. The monoisotopic (exact) mass is 525 g/mol. The van der Waals surface area contributed by atoms with E-state index in [1.54, 1.807) is 11.3 Å². The lowest BCUT2D eigenvalue weighted by Gasteiger charge is -2.59. The molecular weight excluding hydrogens is 478 g/mol. The van der Waals surface area contributed by atoms with Crippen molar-refractivity contribution in [2.24, 2.45) is 46.3 Å². The molecule has 1 aromatic heterocycles. The number of nitrogens with one attached hydrogen (secondary N) is 1. The Hall–Kier alpha value is -1.49. The van der Waals surface area contributed by atoms with E-state index < -0.39 is 0 Å². The number of fused-ring (bicyclic) bond motifs is 5. The van der Waals surface area contributed by atoms with Gasteiger partial charge in [0, 0.05) is 36.5 Å². The number of carbonyl (C=O) groups excluding carboxylic acids is 3. The van der Waals surface area contributed by atoms with Crippen LogP contribution in [-0.4, -0.2) is 17.5 Å². The Bertz CT molecular complexity index is 1000. The van der Waals surface area contributed by atoms with Crippen molar-refractivity contribution in [2.75, 3.05) is 0 Å². The molecule has 5 heteroatoms. The quantitative estimate of drug-likeness (QED) is 0.381. The molecule has 1 aromatic rings. The van der Waals surface area contributed by atoms with Gasteiger partial charge in [-0.1, -0.05) is 46.6 Å². The summed E-state index contributed by atoms with van der Waals surface area (Å²) in [7, 11) is 0. The summed E-state index contributed by atoms with van der Waals surface area (Å²) in [4.78, 5) is 40.3. The van der Waals surface area contributed by atoms with Gasteiger partial charge < -0.3 is 5.32 Å². The molecule has 4 saturated carbocycles. The third-order valence-corrected chi connectivity index (χ3v) is 12.6. The summed E-state index contributed by atoms with van der Waals surface area (Å²) < 4.78 is 0. The first-order valence-electron chi connectivity index (χ1n) is 15.0. The Morgan fingerprint density at radius 3 is 2.62 bits per heavy atom. The van der Waals surface area contributed by atoms with Crippen molar-refractivity contribution in [3.8, 4) is 0 Å². The molecular formula is C32H47NO3S. The molecule has 0 saturated heterocycles. The minimum Gasteiger partial charge on any atom is -0.348 e. The van der Waals surface area contributed by atoms with Crippen molar-refractivity contribution < 1.29 is 14.4 Å². The molecule has 1 amide bonds. The molecule has 0 spiro atoms.